The molecule has 0 aliphatic heterocycles. The number of carbonyl (C=O) groups excluding carboxylic acids is 1. The normalized spacial score (nSPS) is 10.1. The first-order valence-electron chi connectivity index (χ1n) is 4.52. The van der Waals surface area contributed by atoms with E-state index in [0.717, 1.165) is 0 Å². The molecule has 17 heavy (non-hydrogen) atoms. The molecule has 1 aromatic rings. The van der Waals surface area contributed by atoms with Crippen molar-refractivity contribution in [3.8, 4) is 0 Å². The molecule has 0 fully saturated rings. The molecule has 0 bridgehead atoms. The number of methoxy groups -OCH3 is 1. The molecule has 0 unspecified atom stereocenters. The van der Waals surface area contributed by atoms with Crippen molar-refractivity contribution in [2.45, 2.75) is 0 Å². The zero-order chi connectivity index (χ0) is 12.8. The highest BCUT2D eigenvalue weighted by atomic mass is 35.5. The monoisotopic (exact) mass is 270 g/mol. The summed E-state index contributed by atoms with van der Waals surface area (Å²) in [6, 6.07) is 5.06. The molecule has 1 aromatic carbocycles. The molecule has 1 rings (SSSR count). The largest absolute Gasteiger partial charge is 0.460 e. The van der Waals surface area contributed by atoms with Crippen LogP contribution in [0.4, 0.5) is 0 Å². The maximum absolute atomic E-state index is 11.1. The standard InChI is InChI=1S/C11H8Cl2N2O2/c1-17-11(16)9(15-14)6-5-7-3-2-4-8(12)10(7)13/h2-6H,1H3/b6-5+. The van der Waals surface area contributed by atoms with Gasteiger partial charge in [0.1, 0.15) is 0 Å². The molecule has 0 saturated heterocycles. The van der Waals surface area contributed by atoms with Gasteiger partial charge in [-0.3, -0.25) is 0 Å². The molecule has 0 aliphatic carbocycles. The Morgan fingerprint density at radius 2 is 2.18 bits per heavy atom. The Kier molecular flexibility index (Phi) is 4.91. The summed E-state index contributed by atoms with van der Waals surface area (Å²) in [5.41, 5.74) is 8.97. The minimum atomic E-state index is -0.748. The fourth-order valence-electron chi connectivity index (χ4n) is 1.06. The molecule has 0 N–H and O–H groups in total. The van der Waals surface area contributed by atoms with E-state index in [-0.39, 0.29) is 5.71 Å². The first-order valence-corrected chi connectivity index (χ1v) is 5.28. The van der Waals surface area contributed by atoms with E-state index < -0.39 is 5.97 Å². The predicted molar refractivity (Wildman–Crippen MR) is 66.1 cm³/mol. The van der Waals surface area contributed by atoms with Gasteiger partial charge < -0.3 is 10.3 Å². The van der Waals surface area contributed by atoms with Crippen LogP contribution in [0.5, 0.6) is 0 Å². The Bertz CT molecular complexity index is 520. The van der Waals surface area contributed by atoms with Gasteiger partial charge in [0.05, 0.1) is 17.2 Å². The lowest BCUT2D eigenvalue weighted by Crippen LogP contribution is -2.13. The number of benzene rings is 1. The third-order valence-electron chi connectivity index (χ3n) is 1.90. The van der Waals surface area contributed by atoms with Crippen molar-refractivity contribution in [3.63, 3.8) is 0 Å². The van der Waals surface area contributed by atoms with Crippen LogP contribution in [-0.4, -0.2) is 23.6 Å². The molecule has 0 amide bonds. The topological polar surface area (TPSA) is 62.7 Å². The van der Waals surface area contributed by atoms with Crippen molar-refractivity contribution in [2.24, 2.45) is 0 Å². The van der Waals surface area contributed by atoms with Crippen molar-refractivity contribution in [3.05, 3.63) is 45.4 Å². The van der Waals surface area contributed by atoms with E-state index in [1.165, 1.54) is 19.3 Å². The number of nitrogens with zero attached hydrogens (tertiary/aromatic N) is 2. The summed E-state index contributed by atoms with van der Waals surface area (Å²) in [6.07, 6.45) is 2.78. The van der Waals surface area contributed by atoms with Crippen LogP contribution in [0.1, 0.15) is 5.56 Å². The van der Waals surface area contributed by atoms with Crippen LogP contribution in [-0.2, 0) is 9.53 Å². The maximum atomic E-state index is 11.1. The van der Waals surface area contributed by atoms with Crippen LogP contribution in [0.2, 0.25) is 10.0 Å². The zero-order valence-electron chi connectivity index (χ0n) is 8.85. The molecule has 4 nitrogen and oxygen atoms in total. The lowest BCUT2D eigenvalue weighted by atomic mass is 10.2. The molecular formula is C11H8Cl2N2O2. The number of halogens is 2. The van der Waals surface area contributed by atoms with E-state index >= 15 is 0 Å². The summed E-state index contributed by atoms with van der Waals surface area (Å²) in [7, 11) is 1.19. The van der Waals surface area contributed by atoms with Gasteiger partial charge in [0.2, 0.25) is 0 Å². The van der Waals surface area contributed by atoms with E-state index in [4.69, 9.17) is 28.7 Å². The van der Waals surface area contributed by atoms with Crippen LogP contribution < -0.4 is 0 Å². The van der Waals surface area contributed by atoms with Gasteiger partial charge in [0.25, 0.3) is 0 Å². The third kappa shape index (κ3) is 3.43. The molecule has 0 spiro atoms. The number of carbonyl (C=O) groups is 1. The average molecular weight is 271 g/mol. The lowest BCUT2D eigenvalue weighted by Gasteiger charge is -1.98. The summed E-state index contributed by atoms with van der Waals surface area (Å²) in [4.78, 5) is 13.9. The van der Waals surface area contributed by atoms with E-state index in [0.29, 0.717) is 15.6 Å². The van der Waals surface area contributed by atoms with Gasteiger partial charge in [-0.2, -0.15) is 4.79 Å². The second-order valence-corrected chi connectivity index (χ2v) is 3.74. The molecule has 88 valence electrons. The molecule has 0 radical (unpaired) electrons. The Labute approximate surface area is 108 Å². The van der Waals surface area contributed by atoms with Gasteiger partial charge in [0.15, 0.2) is 0 Å². The van der Waals surface area contributed by atoms with Crippen LogP contribution in [0.15, 0.2) is 24.3 Å². The number of ether oxygens (including phenoxy) is 1. The second-order valence-electron chi connectivity index (χ2n) is 2.95. The van der Waals surface area contributed by atoms with Crippen LogP contribution in [0.25, 0.3) is 11.6 Å². The van der Waals surface area contributed by atoms with Gasteiger partial charge in [-0.05, 0) is 17.7 Å². The molecule has 0 heterocycles. The SMILES string of the molecule is COC(=O)C(/C=C/c1cccc(Cl)c1Cl)=[N+]=[N-]. The smallest absolute Gasteiger partial charge is 0.421 e. The summed E-state index contributed by atoms with van der Waals surface area (Å²) >= 11 is 11.7. The third-order valence-corrected chi connectivity index (χ3v) is 2.74. The summed E-state index contributed by atoms with van der Waals surface area (Å²) in [6.45, 7) is 0. The first-order chi connectivity index (χ1) is 8.10. The molecule has 0 aliphatic rings. The quantitative estimate of drug-likeness (QED) is 0.367. The predicted octanol–water partition coefficient (Wildman–Crippen LogP) is 2.85. The molecule has 6 heteroatoms. The Balaban J connectivity index is 3.02. The van der Waals surface area contributed by atoms with Crippen LogP contribution >= 0.6 is 23.2 Å². The van der Waals surface area contributed by atoms with E-state index in [9.17, 15) is 4.79 Å². The summed E-state index contributed by atoms with van der Waals surface area (Å²) in [5, 5.41) is 0.752. The fourth-order valence-corrected chi connectivity index (χ4v) is 1.44. The average Bonchev–Trinajstić information content (AvgIpc) is 2.34. The van der Waals surface area contributed by atoms with Crippen molar-refractivity contribution in [2.75, 3.05) is 7.11 Å². The van der Waals surface area contributed by atoms with Gasteiger partial charge in [-0.25, -0.2) is 4.79 Å². The molecule has 0 atom stereocenters. The summed E-state index contributed by atoms with van der Waals surface area (Å²) < 4.78 is 4.41. The highest BCUT2D eigenvalue weighted by Gasteiger charge is 2.16. The number of hydrogen-bond donors (Lipinski definition) is 0. The van der Waals surface area contributed by atoms with Crippen LogP contribution in [0.3, 0.4) is 0 Å². The number of rotatable bonds is 3. The first kappa shape index (κ1) is 13.5. The lowest BCUT2D eigenvalue weighted by molar-refractivity contribution is -0.137. The molecule has 0 saturated carbocycles. The highest BCUT2D eigenvalue weighted by molar-refractivity contribution is 6.43. The Morgan fingerprint density at radius 1 is 1.47 bits per heavy atom. The van der Waals surface area contributed by atoms with Gasteiger partial charge >= 0.3 is 11.7 Å². The number of hydrogen-bond acceptors (Lipinski definition) is 2. The van der Waals surface area contributed by atoms with Gasteiger partial charge in [-0.1, -0.05) is 35.3 Å². The Morgan fingerprint density at radius 3 is 2.76 bits per heavy atom. The van der Waals surface area contributed by atoms with Crippen molar-refractivity contribution in [1.82, 2.24) is 0 Å². The minimum Gasteiger partial charge on any atom is -0.460 e. The molecular weight excluding hydrogens is 263 g/mol. The zero-order valence-corrected chi connectivity index (χ0v) is 10.4. The fraction of sp³-hybridized carbons (Fsp3) is 0.0909. The van der Waals surface area contributed by atoms with Gasteiger partial charge in [0, 0.05) is 6.08 Å². The highest BCUT2D eigenvalue weighted by Crippen LogP contribution is 2.26. The van der Waals surface area contributed by atoms with Crippen LogP contribution in [0, 0.1) is 0 Å². The number of esters is 1. The van der Waals surface area contributed by atoms with E-state index in [1.54, 1.807) is 18.2 Å². The maximum Gasteiger partial charge on any atom is 0.421 e. The van der Waals surface area contributed by atoms with E-state index in [2.05, 4.69) is 9.53 Å². The van der Waals surface area contributed by atoms with Gasteiger partial charge in [-0.15, -0.1) is 0 Å². The Hall–Kier alpha value is -1.61. The summed E-state index contributed by atoms with van der Waals surface area (Å²) in [5.74, 6) is -0.748. The van der Waals surface area contributed by atoms with Crippen molar-refractivity contribution in [1.29, 1.82) is 0 Å². The molecule has 0 aromatic heterocycles. The van der Waals surface area contributed by atoms with E-state index in [1.807, 2.05) is 0 Å². The minimum absolute atomic E-state index is 0.233. The second kappa shape index (κ2) is 6.21. The van der Waals surface area contributed by atoms with Crippen molar-refractivity contribution < 1.29 is 14.3 Å². The van der Waals surface area contributed by atoms with Crippen molar-refractivity contribution >= 4 is 41.0 Å².